The first-order valence-corrected chi connectivity index (χ1v) is 9.01. The first-order chi connectivity index (χ1) is 12.1. The minimum Gasteiger partial charge on any atom is -0.338 e. The number of fused-ring (bicyclic) bond motifs is 2. The van der Waals surface area contributed by atoms with Crippen LogP contribution in [0.3, 0.4) is 0 Å². The first-order valence-electron chi connectivity index (χ1n) is 9.01. The molecular formula is C18H24N6O. The molecule has 7 nitrogen and oxygen atoms in total. The smallest absolute Gasteiger partial charge is 0.317 e. The van der Waals surface area contributed by atoms with Crippen LogP contribution in [0.25, 0.3) is 0 Å². The minimum atomic E-state index is -0.0250. The van der Waals surface area contributed by atoms with Crippen molar-refractivity contribution in [2.75, 3.05) is 13.1 Å². The minimum absolute atomic E-state index is 0.0250. The number of aryl methyl sites for hydroxylation is 3. The molecule has 0 atom stereocenters. The molecule has 0 bridgehead atoms. The molecule has 0 saturated carbocycles. The van der Waals surface area contributed by atoms with E-state index in [2.05, 4.69) is 27.3 Å². The fraction of sp³-hybridized carbons (Fsp3) is 0.556. The van der Waals surface area contributed by atoms with Crippen LogP contribution in [0.4, 0.5) is 4.79 Å². The molecule has 0 saturated heterocycles. The Kier molecular flexibility index (Phi) is 4.15. The molecule has 25 heavy (non-hydrogen) atoms. The van der Waals surface area contributed by atoms with Crippen molar-refractivity contribution < 1.29 is 4.79 Å². The van der Waals surface area contributed by atoms with Gasteiger partial charge in [-0.1, -0.05) is 0 Å². The Morgan fingerprint density at radius 2 is 2.12 bits per heavy atom. The third-order valence-corrected chi connectivity index (χ3v) is 5.02. The molecule has 1 aliphatic heterocycles. The summed E-state index contributed by atoms with van der Waals surface area (Å²) < 4.78 is 1.99. The number of urea groups is 1. The number of rotatable bonds is 3. The lowest BCUT2D eigenvalue weighted by atomic mass is 10.2. The molecule has 2 aromatic heterocycles. The SMILES string of the molecule is Cc1cc2n(n1)CCN(C(=O)NCCc1nc(C)c3c(n1)CCC3)C2. The quantitative estimate of drug-likeness (QED) is 0.920. The molecule has 0 unspecified atom stereocenters. The average molecular weight is 340 g/mol. The monoisotopic (exact) mass is 340 g/mol. The molecule has 0 radical (unpaired) electrons. The van der Waals surface area contributed by atoms with Gasteiger partial charge in [0.05, 0.1) is 24.5 Å². The molecule has 0 fully saturated rings. The fourth-order valence-electron chi connectivity index (χ4n) is 3.77. The van der Waals surface area contributed by atoms with Crippen molar-refractivity contribution in [3.8, 4) is 0 Å². The van der Waals surface area contributed by atoms with E-state index in [1.807, 2.05) is 22.6 Å². The van der Waals surface area contributed by atoms with Crippen molar-refractivity contribution in [1.82, 2.24) is 30.0 Å². The van der Waals surface area contributed by atoms with E-state index < -0.39 is 0 Å². The molecule has 2 aromatic rings. The number of hydrogen-bond acceptors (Lipinski definition) is 4. The van der Waals surface area contributed by atoms with Gasteiger partial charge >= 0.3 is 6.03 Å². The van der Waals surface area contributed by atoms with Crippen LogP contribution in [0, 0.1) is 13.8 Å². The van der Waals surface area contributed by atoms with Crippen LogP contribution in [0.1, 0.15) is 40.6 Å². The van der Waals surface area contributed by atoms with Crippen molar-refractivity contribution in [3.63, 3.8) is 0 Å². The summed E-state index contributed by atoms with van der Waals surface area (Å²) in [6.07, 6.45) is 4.00. The third kappa shape index (κ3) is 3.23. The average Bonchev–Trinajstić information content (AvgIpc) is 3.19. The van der Waals surface area contributed by atoms with E-state index in [1.54, 1.807) is 0 Å². The summed E-state index contributed by atoms with van der Waals surface area (Å²) in [5, 5.41) is 7.43. The molecule has 3 heterocycles. The Balaban J connectivity index is 1.32. The Bertz CT molecular complexity index is 812. The van der Waals surface area contributed by atoms with E-state index >= 15 is 0 Å². The van der Waals surface area contributed by atoms with Crippen LogP contribution in [0.5, 0.6) is 0 Å². The largest absolute Gasteiger partial charge is 0.338 e. The number of hydrogen-bond donors (Lipinski definition) is 1. The molecular weight excluding hydrogens is 316 g/mol. The Morgan fingerprint density at radius 1 is 1.24 bits per heavy atom. The summed E-state index contributed by atoms with van der Waals surface area (Å²) in [7, 11) is 0. The fourth-order valence-corrected chi connectivity index (χ4v) is 3.77. The summed E-state index contributed by atoms with van der Waals surface area (Å²) in [6, 6.07) is 2.02. The Labute approximate surface area is 147 Å². The standard InChI is InChI=1S/C18H24N6O/c1-12-10-14-11-23(8-9-24(14)22-12)18(25)19-7-6-17-20-13(2)15-4-3-5-16(15)21-17/h10H,3-9,11H2,1-2H3,(H,19,25). The number of nitrogens with one attached hydrogen (secondary N) is 1. The van der Waals surface area contributed by atoms with Gasteiger partial charge in [-0.15, -0.1) is 0 Å². The molecule has 1 N–H and O–H groups in total. The molecule has 132 valence electrons. The zero-order valence-corrected chi connectivity index (χ0v) is 14.9. The van der Waals surface area contributed by atoms with E-state index in [1.165, 1.54) is 17.7 Å². The highest BCUT2D eigenvalue weighted by molar-refractivity contribution is 5.74. The molecule has 1 aliphatic carbocycles. The first kappa shape index (κ1) is 16.1. The number of carbonyl (C=O) groups excluding carboxylic acids is 1. The highest BCUT2D eigenvalue weighted by Gasteiger charge is 2.22. The maximum Gasteiger partial charge on any atom is 0.317 e. The number of aromatic nitrogens is 4. The predicted octanol–water partition coefficient (Wildman–Crippen LogP) is 1.55. The van der Waals surface area contributed by atoms with Gasteiger partial charge in [0.2, 0.25) is 0 Å². The predicted molar refractivity (Wildman–Crippen MR) is 93.3 cm³/mol. The van der Waals surface area contributed by atoms with E-state index in [-0.39, 0.29) is 6.03 Å². The number of nitrogens with zero attached hydrogens (tertiary/aromatic N) is 5. The van der Waals surface area contributed by atoms with E-state index in [0.29, 0.717) is 26.1 Å². The molecule has 2 amide bonds. The van der Waals surface area contributed by atoms with Crippen LogP contribution in [-0.4, -0.2) is 43.8 Å². The topological polar surface area (TPSA) is 75.9 Å². The van der Waals surface area contributed by atoms with Crippen LogP contribution in [0.15, 0.2) is 6.07 Å². The van der Waals surface area contributed by atoms with Gasteiger partial charge in [-0.2, -0.15) is 5.10 Å². The van der Waals surface area contributed by atoms with Crippen LogP contribution < -0.4 is 5.32 Å². The summed E-state index contributed by atoms with van der Waals surface area (Å²) >= 11 is 0. The Hall–Kier alpha value is -2.44. The van der Waals surface area contributed by atoms with Gasteiger partial charge in [-0.3, -0.25) is 4.68 Å². The lowest BCUT2D eigenvalue weighted by Crippen LogP contribution is -2.44. The van der Waals surface area contributed by atoms with Crippen molar-refractivity contribution >= 4 is 6.03 Å². The highest BCUT2D eigenvalue weighted by atomic mass is 16.2. The lowest BCUT2D eigenvalue weighted by molar-refractivity contribution is 0.181. The van der Waals surface area contributed by atoms with Crippen LogP contribution in [0.2, 0.25) is 0 Å². The van der Waals surface area contributed by atoms with Gasteiger partial charge < -0.3 is 10.2 Å². The number of carbonyl (C=O) groups is 1. The highest BCUT2D eigenvalue weighted by Crippen LogP contribution is 2.22. The molecule has 2 aliphatic rings. The number of amides is 2. The summed E-state index contributed by atoms with van der Waals surface area (Å²) in [4.78, 5) is 23.5. The van der Waals surface area contributed by atoms with Gasteiger partial charge in [-0.25, -0.2) is 14.8 Å². The van der Waals surface area contributed by atoms with Crippen LogP contribution >= 0.6 is 0 Å². The van der Waals surface area contributed by atoms with E-state index in [4.69, 9.17) is 0 Å². The third-order valence-electron chi connectivity index (χ3n) is 5.02. The normalized spacial score (nSPS) is 15.8. The zero-order valence-electron chi connectivity index (χ0n) is 14.9. The van der Waals surface area contributed by atoms with Gasteiger partial charge in [0.1, 0.15) is 5.82 Å². The van der Waals surface area contributed by atoms with Gasteiger partial charge in [0.15, 0.2) is 0 Å². The van der Waals surface area contributed by atoms with Crippen molar-refractivity contribution in [2.45, 2.75) is 52.6 Å². The van der Waals surface area contributed by atoms with Gasteiger partial charge in [-0.05, 0) is 44.7 Å². The van der Waals surface area contributed by atoms with E-state index in [9.17, 15) is 4.79 Å². The van der Waals surface area contributed by atoms with Crippen molar-refractivity contribution in [1.29, 1.82) is 0 Å². The second-order valence-electron chi connectivity index (χ2n) is 6.91. The lowest BCUT2D eigenvalue weighted by Gasteiger charge is -2.27. The summed E-state index contributed by atoms with van der Waals surface area (Å²) in [6.45, 7) is 6.66. The Morgan fingerprint density at radius 3 is 3.00 bits per heavy atom. The molecule has 0 aromatic carbocycles. The van der Waals surface area contributed by atoms with Crippen molar-refractivity contribution in [2.24, 2.45) is 0 Å². The maximum absolute atomic E-state index is 12.4. The van der Waals surface area contributed by atoms with Crippen LogP contribution in [-0.2, 0) is 32.4 Å². The van der Waals surface area contributed by atoms with Gasteiger partial charge in [0, 0.05) is 30.9 Å². The molecule has 0 spiro atoms. The second kappa shape index (κ2) is 6.46. The molecule has 4 rings (SSSR count). The second-order valence-corrected chi connectivity index (χ2v) is 6.91. The molecule has 7 heteroatoms. The van der Waals surface area contributed by atoms with Gasteiger partial charge in [0.25, 0.3) is 0 Å². The maximum atomic E-state index is 12.4. The zero-order chi connectivity index (χ0) is 17.4. The van der Waals surface area contributed by atoms with Crippen molar-refractivity contribution in [3.05, 3.63) is 40.2 Å². The summed E-state index contributed by atoms with van der Waals surface area (Å²) in [5.41, 5.74) is 5.72. The van der Waals surface area contributed by atoms with E-state index in [0.717, 1.165) is 42.3 Å². The summed E-state index contributed by atoms with van der Waals surface area (Å²) in [5.74, 6) is 0.839.